The SMILES string of the molecule is O=C(O)c1cc(Cl)ccc1Sc1c(S(=O)(=O)N2CCOCC2)cnc2ccc(Cl)cc12. The maximum atomic E-state index is 13.4. The van der Waals surface area contributed by atoms with Gasteiger partial charge in [-0.3, -0.25) is 4.98 Å². The third-order valence-electron chi connectivity index (χ3n) is 4.72. The van der Waals surface area contributed by atoms with Crippen molar-refractivity contribution in [1.29, 1.82) is 0 Å². The summed E-state index contributed by atoms with van der Waals surface area (Å²) < 4.78 is 33.5. The van der Waals surface area contributed by atoms with Gasteiger partial charge in [0, 0.05) is 44.5 Å². The van der Waals surface area contributed by atoms with Crippen LogP contribution in [0.2, 0.25) is 10.0 Å². The molecule has 31 heavy (non-hydrogen) atoms. The molecule has 2 aromatic carbocycles. The summed E-state index contributed by atoms with van der Waals surface area (Å²) in [5.74, 6) is -1.17. The molecule has 7 nitrogen and oxygen atoms in total. The van der Waals surface area contributed by atoms with Gasteiger partial charge in [-0.05, 0) is 36.4 Å². The molecule has 162 valence electrons. The molecule has 0 unspecified atom stereocenters. The molecule has 3 aromatic rings. The van der Waals surface area contributed by atoms with Crippen LogP contribution in [0.3, 0.4) is 0 Å². The van der Waals surface area contributed by atoms with E-state index in [1.165, 1.54) is 16.6 Å². The van der Waals surface area contributed by atoms with Crippen molar-refractivity contribution in [1.82, 2.24) is 9.29 Å². The standard InChI is InChI=1S/C20H16Cl2N2O5S2/c21-12-1-3-16-14(9-12)19(30-17-4-2-13(22)10-15(17)20(25)26)18(11-23-16)31(27,28)24-5-7-29-8-6-24/h1-4,9-11H,5-8H2,(H,25,26). The van der Waals surface area contributed by atoms with Crippen LogP contribution in [0.1, 0.15) is 10.4 Å². The van der Waals surface area contributed by atoms with Crippen molar-refractivity contribution in [3.8, 4) is 0 Å². The van der Waals surface area contributed by atoms with Crippen molar-refractivity contribution >= 4 is 61.9 Å². The number of fused-ring (bicyclic) bond motifs is 1. The molecule has 0 saturated carbocycles. The second-order valence-corrected chi connectivity index (χ2v) is 10.5. The Morgan fingerprint density at radius 3 is 2.48 bits per heavy atom. The Kier molecular flexibility index (Phi) is 6.43. The first-order valence-electron chi connectivity index (χ1n) is 9.14. The Morgan fingerprint density at radius 1 is 1.10 bits per heavy atom. The summed E-state index contributed by atoms with van der Waals surface area (Å²) in [5.41, 5.74) is 0.512. The number of halogens is 2. The van der Waals surface area contributed by atoms with Gasteiger partial charge in [-0.15, -0.1) is 0 Å². The first-order chi connectivity index (χ1) is 14.8. The molecule has 1 fully saturated rings. The Bertz CT molecular complexity index is 1280. The zero-order valence-electron chi connectivity index (χ0n) is 15.9. The van der Waals surface area contributed by atoms with Crippen molar-refractivity contribution in [2.24, 2.45) is 0 Å². The van der Waals surface area contributed by atoms with Crippen LogP contribution in [-0.2, 0) is 14.8 Å². The molecule has 0 amide bonds. The topological polar surface area (TPSA) is 96.8 Å². The van der Waals surface area contributed by atoms with Gasteiger partial charge in [-0.25, -0.2) is 13.2 Å². The number of sulfonamides is 1. The lowest BCUT2D eigenvalue weighted by Gasteiger charge is -2.27. The normalized spacial score (nSPS) is 15.3. The molecule has 0 spiro atoms. The van der Waals surface area contributed by atoms with Crippen LogP contribution in [0.25, 0.3) is 10.9 Å². The highest BCUT2D eigenvalue weighted by Gasteiger charge is 2.31. The van der Waals surface area contributed by atoms with Gasteiger partial charge in [0.1, 0.15) is 4.90 Å². The Morgan fingerprint density at radius 2 is 1.77 bits per heavy atom. The number of carboxylic acids is 1. The van der Waals surface area contributed by atoms with Crippen LogP contribution >= 0.6 is 35.0 Å². The quantitative estimate of drug-likeness (QED) is 0.556. The highest BCUT2D eigenvalue weighted by atomic mass is 35.5. The Balaban J connectivity index is 1.93. The molecule has 1 N–H and O–H groups in total. The van der Waals surface area contributed by atoms with Crippen LogP contribution in [0, 0.1) is 0 Å². The second kappa shape index (κ2) is 8.93. The van der Waals surface area contributed by atoms with Gasteiger partial charge in [0.15, 0.2) is 0 Å². The molecule has 4 rings (SSSR count). The minimum absolute atomic E-state index is 0.0135. The van der Waals surface area contributed by atoms with E-state index in [1.54, 1.807) is 30.3 Å². The average molecular weight is 499 g/mol. The van der Waals surface area contributed by atoms with Gasteiger partial charge in [-0.2, -0.15) is 4.31 Å². The minimum Gasteiger partial charge on any atom is -0.478 e. The van der Waals surface area contributed by atoms with Gasteiger partial charge in [0.25, 0.3) is 0 Å². The number of ether oxygens (including phenoxy) is 1. The molecule has 0 atom stereocenters. The number of aromatic carboxylic acids is 1. The maximum absolute atomic E-state index is 13.4. The lowest BCUT2D eigenvalue weighted by Crippen LogP contribution is -2.40. The monoisotopic (exact) mass is 498 g/mol. The van der Waals surface area contributed by atoms with Gasteiger partial charge in [0.05, 0.1) is 24.3 Å². The highest BCUT2D eigenvalue weighted by Crippen LogP contribution is 2.41. The van der Waals surface area contributed by atoms with Gasteiger partial charge in [0.2, 0.25) is 10.0 Å². The van der Waals surface area contributed by atoms with Crippen LogP contribution in [0.4, 0.5) is 0 Å². The number of hydrogen-bond acceptors (Lipinski definition) is 6. The van der Waals surface area contributed by atoms with E-state index in [-0.39, 0.29) is 28.6 Å². The van der Waals surface area contributed by atoms with E-state index in [4.69, 9.17) is 27.9 Å². The minimum atomic E-state index is -3.90. The predicted octanol–water partition coefficient (Wildman–Crippen LogP) is 4.41. The largest absolute Gasteiger partial charge is 0.478 e. The summed E-state index contributed by atoms with van der Waals surface area (Å²) in [6.07, 6.45) is 1.31. The fraction of sp³-hybridized carbons (Fsp3) is 0.200. The lowest BCUT2D eigenvalue weighted by atomic mass is 10.2. The number of nitrogens with zero attached hydrogens (tertiary/aromatic N) is 2. The number of morpholine rings is 1. The van der Waals surface area contributed by atoms with Crippen molar-refractivity contribution in [3.63, 3.8) is 0 Å². The number of pyridine rings is 1. The summed E-state index contributed by atoms with van der Waals surface area (Å²) in [6, 6.07) is 9.42. The first-order valence-corrected chi connectivity index (χ1v) is 12.2. The zero-order valence-corrected chi connectivity index (χ0v) is 19.1. The number of aromatic nitrogens is 1. The van der Waals surface area contributed by atoms with E-state index in [0.29, 0.717) is 38.9 Å². The fourth-order valence-electron chi connectivity index (χ4n) is 3.21. The van der Waals surface area contributed by atoms with Crippen LogP contribution in [0.5, 0.6) is 0 Å². The number of carbonyl (C=O) groups is 1. The fourth-order valence-corrected chi connectivity index (χ4v) is 6.47. The first kappa shape index (κ1) is 22.3. The van der Waals surface area contributed by atoms with Gasteiger partial charge in [-0.1, -0.05) is 35.0 Å². The number of carboxylic acid groups (broad SMARTS) is 1. The molecule has 1 aromatic heterocycles. The van der Waals surface area contributed by atoms with Crippen molar-refractivity contribution in [2.75, 3.05) is 26.3 Å². The molecule has 2 heterocycles. The summed E-state index contributed by atoms with van der Waals surface area (Å²) in [5, 5.41) is 10.8. The van der Waals surface area contributed by atoms with Gasteiger partial charge < -0.3 is 9.84 Å². The van der Waals surface area contributed by atoms with E-state index >= 15 is 0 Å². The highest BCUT2D eigenvalue weighted by molar-refractivity contribution is 8.00. The number of benzene rings is 2. The Hall–Kier alpha value is -1.88. The summed E-state index contributed by atoms with van der Waals surface area (Å²) >= 11 is 13.2. The Labute approximate surface area is 193 Å². The number of rotatable bonds is 5. The molecule has 0 aliphatic carbocycles. The third-order valence-corrected chi connectivity index (χ3v) is 8.45. The zero-order chi connectivity index (χ0) is 22.2. The van der Waals surface area contributed by atoms with E-state index in [1.807, 2.05) is 0 Å². The summed E-state index contributed by atoms with van der Waals surface area (Å²) in [4.78, 5) is 16.8. The predicted molar refractivity (Wildman–Crippen MR) is 119 cm³/mol. The maximum Gasteiger partial charge on any atom is 0.336 e. The molecule has 11 heteroatoms. The average Bonchev–Trinajstić information content (AvgIpc) is 2.75. The molecular weight excluding hydrogens is 483 g/mol. The third kappa shape index (κ3) is 4.52. The van der Waals surface area contributed by atoms with E-state index in [9.17, 15) is 18.3 Å². The number of hydrogen-bond donors (Lipinski definition) is 1. The molecule has 0 radical (unpaired) electrons. The van der Waals surface area contributed by atoms with Gasteiger partial charge >= 0.3 is 5.97 Å². The van der Waals surface area contributed by atoms with Crippen molar-refractivity contribution < 1.29 is 23.1 Å². The van der Waals surface area contributed by atoms with E-state index in [2.05, 4.69) is 4.98 Å². The molecule has 1 aliphatic heterocycles. The molecular formula is C20H16Cl2N2O5S2. The van der Waals surface area contributed by atoms with Crippen LogP contribution in [0.15, 0.2) is 57.3 Å². The van der Waals surface area contributed by atoms with Crippen molar-refractivity contribution in [2.45, 2.75) is 14.7 Å². The lowest BCUT2D eigenvalue weighted by molar-refractivity contribution is 0.0693. The second-order valence-electron chi connectivity index (χ2n) is 6.68. The van der Waals surface area contributed by atoms with Crippen molar-refractivity contribution in [3.05, 3.63) is 58.2 Å². The molecule has 1 saturated heterocycles. The van der Waals surface area contributed by atoms with E-state index in [0.717, 1.165) is 11.8 Å². The molecule has 0 bridgehead atoms. The summed E-state index contributed by atoms with van der Waals surface area (Å²) in [7, 11) is -3.90. The molecule has 1 aliphatic rings. The summed E-state index contributed by atoms with van der Waals surface area (Å²) in [6.45, 7) is 1.05. The van der Waals surface area contributed by atoms with Crippen LogP contribution in [-0.4, -0.2) is 55.1 Å². The van der Waals surface area contributed by atoms with Crippen LogP contribution < -0.4 is 0 Å². The van der Waals surface area contributed by atoms with E-state index < -0.39 is 16.0 Å². The smallest absolute Gasteiger partial charge is 0.336 e.